The number of halogens is 1. The van der Waals surface area contributed by atoms with Crippen molar-refractivity contribution in [1.82, 2.24) is 4.57 Å². The van der Waals surface area contributed by atoms with Gasteiger partial charge in [-0.25, -0.2) is 0 Å². The van der Waals surface area contributed by atoms with Gasteiger partial charge in [-0.1, -0.05) is 17.7 Å². The fourth-order valence-corrected chi connectivity index (χ4v) is 1.14. The molecule has 0 saturated carbocycles. The molecule has 0 bridgehead atoms. The molecular weight excluding hydrogens is 178 g/mol. The van der Waals surface area contributed by atoms with Gasteiger partial charge in [-0.15, -0.1) is 0 Å². The minimum Gasteiger partial charge on any atom is -0.383 e. The van der Waals surface area contributed by atoms with Crippen LogP contribution in [0.3, 0.4) is 0 Å². The van der Waals surface area contributed by atoms with Crippen molar-refractivity contribution in [2.45, 2.75) is 6.54 Å². The first-order valence-electron chi connectivity index (χ1n) is 3.60. The molecule has 1 heterocycles. The quantitative estimate of drug-likeness (QED) is 0.665. The lowest BCUT2D eigenvalue weighted by atomic mass is 10.4. The number of methoxy groups -OCH3 is 1. The Morgan fingerprint density at radius 3 is 2.92 bits per heavy atom. The highest BCUT2D eigenvalue weighted by atomic mass is 35.5. The van der Waals surface area contributed by atoms with Crippen LogP contribution in [-0.4, -0.2) is 18.3 Å². The molecule has 3 nitrogen and oxygen atoms in total. The Balaban J connectivity index is 2.89. The first kappa shape index (κ1) is 9.29. The number of hydrogen-bond acceptors (Lipinski definition) is 2. The number of nitrogens with zero attached hydrogens (tertiary/aromatic N) is 1. The molecule has 0 aromatic carbocycles. The molecule has 0 unspecified atom stereocenters. The first-order chi connectivity index (χ1) is 5.75. The summed E-state index contributed by atoms with van der Waals surface area (Å²) in [5.41, 5.74) is -0.0976. The first-order valence-corrected chi connectivity index (χ1v) is 3.98. The minimum atomic E-state index is -0.0976. The molecule has 0 atom stereocenters. The van der Waals surface area contributed by atoms with Crippen molar-refractivity contribution in [2.75, 3.05) is 13.7 Å². The van der Waals surface area contributed by atoms with E-state index >= 15 is 0 Å². The maximum Gasteiger partial charge on any atom is 0.251 e. The normalized spacial score (nSPS) is 10.2. The number of hydrogen-bond donors (Lipinski definition) is 0. The monoisotopic (exact) mass is 187 g/mol. The van der Waals surface area contributed by atoms with Gasteiger partial charge in [0.1, 0.15) is 5.15 Å². The summed E-state index contributed by atoms with van der Waals surface area (Å²) in [4.78, 5) is 11.2. The summed E-state index contributed by atoms with van der Waals surface area (Å²) in [6.45, 7) is 0.985. The van der Waals surface area contributed by atoms with Crippen molar-refractivity contribution in [3.05, 3.63) is 33.7 Å². The highest BCUT2D eigenvalue weighted by Gasteiger charge is 1.98. The standard InChI is InChI=1S/C8H10ClNO2/c1-12-6-5-10-7(9)3-2-4-8(10)11/h2-4H,5-6H2,1H3. The fraction of sp³-hybridized carbons (Fsp3) is 0.375. The number of pyridine rings is 1. The zero-order valence-electron chi connectivity index (χ0n) is 6.79. The zero-order valence-corrected chi connectivity index (χ0v) is 7.54. The topological polar surface area (TPSA) is 31.2 Å². The molecule has 0 spiro atoms. The van der Waals surface area contributed by atoms with E-state index in [9.17, 15) is 4.79 Å². The molecular formula is C8H10ClNO2. The lowest BCUT2D eigenvalue weighted by molar-refractivity contribution is 0.186. The van der Waals surface area contributed by atoms with Gasteiger partial charge < -0.3 is 4.74 Å². The van der Waals surface area contributed by atoms with Crippen molar-refractivity contribution in [3.63, 3.8) is 0 Å². The molecule has 0 aliphatic heterocycles. The van der Waals surface area contributed by atoms with Crippen LogP contribution in [0.15, 0.2) is 23.0 Å². The van der Waals surface area contributed by atoms with Crippen LogP contribution in [0.25, 0.3) is 0 Å². The minimum absolute atomic E-state index is 0.0976. The number of ether oxygens (including phenoxy) is 1. The van der Waals surface area contributed by atoms with Crippen molar-refractivity contribution < 1.29 is 4.74 Å². The van der Waals surface area contributed by atoms with E-state index in [1.165, 1.54) is 10.6 Å². The van der Waals surface area contributed by atoms with Gasteiger partial charge in [-0.05, 0) is 6.07 Å². The Bertz CT molecular complexity index is 308. The molecule has 0 fully saturated rings. The molecule has 0 radical (unpaired) electrons. The molecule has 0 aliphatic rings. The maximum absolute atomic E-state index is 11.2. The summed E-state index contributed by atoms with van der Waals surface area (Å²) in [6, 6.07) is 4.79. The van der Waals surface area contributed by atoms with Crippen LogP contribution in [0.5, 0.6) is 0 Å². The Hall–Kier alpha value is -0.800. The van der Waals surface area contributed by atoms with E-state index in [1.54, 1.807) is 19.2 Å². The van der Waals surface area contributed by atoms with Crippen LogP contribution in [0, 0.1) is 0 Å². The van der Waals surface area contributed by atoms with E-state index < -0.39 is 0 Å². The Kier molecular flexibility index (Phi) is 3.31. The maximum atomic E-state index is 11.2. The predicted octanol–water partition coefficient (Wildman–Crippen LogP) is 1.15. The van der Waals surface area contributed by atoms with E-state index in [-0.39, 0.29) is 5.56 Å². The molecule has 0 aliphatic carbocycles. The van der Waals surface area contributed by atoms with Gasteiger partial charge in [0.15, 0.2) is 0 Å². The summed E-state index contributed by atoms with van der Waals surface area (Å²) in [5.74, 6) is 0. The van der Waals surface area contributed by atoms with Gasteiger partial charge in [-0.3, -0.25) is 9.36 Å². The van der Waals surface area contributed by atoms with Crippen molar-refractivity contribution >= 4 is 11.6 Å². The van der Waals surface area contributed by atoms with Gasteiger partial charge in [0, 0.05) is 13.2 Å². The lowest BCUT2D eigenvalue weighted by Crippen LogP contribution is -2.21. The third-order valence-corrected chi connectivity index (χ3v) is 1.85. The van der Waals surface area contributed by atoms with Crippen LogP contribution in [0.1, 0.15) is 0 Å². The van der Waals surface area contributed by atoms with Crippen LogP contribution in [-0.2, 0) is 11.3 Å². The van der Waals surface area contributed by atoms with Crippen LogP contribution in [0.2, 0.25) is 5.15 Å². The summed E-state index contributed by atoms with van der Waals surface area (Å²) < 4.78 is 6.30. The van der Waals surface area contributed by atoms with Crippen LogP contribution < -0.4 is 5.56 Å². The van der Waals surface area contributed by atoms with Gasteiger partial charge in [-0.2, -0.15) is 0 Å². The van der Waals surface area contributed by atoms with Crippen molar-refractivity contribution in [2.24, 2.45) is 0 Å². The van der Waals surface area contributed by atoms with Crippen LogP contribution >= 0.6 is 11.6 Å². The zero-order chi connectivity index (χ0) is 8.97. The second-order valence-electron chi connectivity index (χ2n) is 2.33. The molecule has 12 heavy (non-hydrogen) atoms. The number of aromatic nitrogens is 1. The van der Waals surface area contributed by atoms with E-state index in [2.05, 4.69) is 0 Å². The molecule has 0 amide bonds. The lowest BCUT2D eigenvalue weighted by Gasteiger charge is -2.05. The molecule has 1 aromatic rings. The molecule has 4 heteroatoms. The Morgan fingerprint density at radius 1 is 1.58 bits per heavy atom. The molecule has 66 valence electrons. The third-order valence-electron chi connectivity index (χ3n) is 1.52. The second kappa shape index (κ2) is 4.28. The van der Waals surface area contributed by atoms with E-state index in [0.717, 1.165) is 0 Å². The largest absolute Gasteiger partial charge is 0.383 e. The van der Waals surface area contributed by atoms with Gasteiger partial charge in [0.05, 0.1) is 13.2 Å². The Morgan fingerprint density at radius 2 is 2.33 bits per heavy atom. The van der Waals surface area contributed by atoms with Gasteiger partial charge in [0.2, 0.25) is 0 Å². The van der Waals surface area contributed by atoms with Gasteiger partial charge in [0.25, 0.3) is 5.56 Å². The van der Waals surface area contributed by atoms with Crippen molar-refractivity contribution in [1.29, 1.82) is 0 Å². The summed E-state index contributed by atoms with van der Waals surface area (Å²) in [7, 11) is 1.59. The molecule has 0 N–H and O–H groups in total. The molecule has 1 aromatic heterocycles. The Labute approximate surface area is 75.5 Å². The predicted molar refractivity (Wildman–Crippen MR) is 47.6 cm³/mol. The fourth-order valence-electron chi connectivity index (χ4n) is 0.895. The van der Waals surface area contributed by atoms with E-state index in [1.807, 2.05) is 0 Å². The molecule has 1 rings (SSSR count). The summed E-state index contributed by atoms with van der Waals surface area (Å²) in [5, 5.41) is 0.444. The SMILES string of the molecule is COCCn1c(Cl)cccc1=O. The van der Waals surface area contributed by atoms with E-state index in [4.69, 9.17) is 16.3 Å². The smallest absolute Gasteiger partial charge is 0.251 e. The molecule has 0 saturated heterocycles. The summed E-state index contributed by atoms with van der Waals surface area (Å²) >= 11 is 5.77. The summed E-state index contributed by atoms with van der Waals surface area (Å²) in [6.07, 6.45) is 0. The average Bonchev–Trinajstić information content (AvgIpc) is 2.04. The van der Waals surface area contributed by atoms with Crippen molar-refractivity contribution in [3.8, 4) is 0 Å². The second-order valence-corrected chi connectivity index (χ2v) is 2.72. The highest BCUT2D eigenvalue weighted by molar-refractivity contribution is 6.29. The van der Waals surface area contributed by atoms with E-state index in [0.29, 0.717) is 18.3 Å². The average molecular weight is 188 g/mol. The highest BCUT2D eigenvalue weighted by Crippen LogP contribution is 2.03. The number of rotatable bonds is 3. The van der Waals surface area contributed by atoms with Crippen LogP contribution in [0.4, 0.5) is 0 Å². The van der Waals surface area contributed by atoms with Gasteiger partial charge >= 0.3 is 0 Å². The third kappa shape index (κ3) is 2.09.